The average molecular weight is 247 g/mol. The van der Waals surface area contributed by atoms with E-state index in [2.05, 4.69) is 10.3 Å². The number of nitrogens with one attached hydrogen (secondary N) is 1. The lowest BCUT2D eigenvalue weighted by molar-refractivity contribution is 0.533. The number of halogens is 1. The van der Waals surface area contributed by atoms with E-state index in [0.717, 1.165) is 24.2 Å². The molecule has 1 N–H and O–H groups in total. The molecule has 1 heterocycles. The summed E-state index contributed by atoms with van der Waals surface area (Å²) in [5.74, 6) is 0.861. The number of rotatable bonds is 5. The Morgan fingerprint density at radius 2 is 2.00 bits per heavy atom. The predicted molar refractivity (Wildman–Crippen MR) is 69.9 cm³/mol. The summed E-state index contributed by atoms with van der Waals surface area (Å²) >= 11 is 0. The van der Waals surface area contributed by atoms with Crippen LogP contribution >= 0.6 is 0 Å². The van der Waals surface area contributed by atoms with E-state index in [1.54, 1.807) is 6.20 Å². The topological polar surface area (TPSA) is 29.9 Å². The van der Waals surface area contributed by atoms with Crippen molar-refractivity contribution in [1.82, 2.24) is 14.9 Å². The van der Waals surface area contributed by atoms with E-state index in [1.165, 1.54) is 12.1 Å². The van der Waals surface area contributed by atoms with E-state index in [9.17, 15) is 4.39 Å². The SMILES string of the molecule is CNC(Cc1ccc(F)cc1)Cc1nccn1C. The second-order valence-corrected chi connectivity index (χ2v) is 4.47. The monoisotopic (exact) mass is 247 g/mol. The van der Waals surface area contributed by atoms with Crippen molar-refractivity contribution in [3.8, 4) is 0 Å². The fraction of sp³-hybridized carbons (Fsp3) is 0.357. The normalized spacial score (nSPS) is 12.6. The number of hydrogen-bond donors (Lipinski definition) is 1. The van der Waals surface area contributed by atoms with Crippen molar-refractivity contribution in [2.45, 2.75) is 18.9 Å². The van der Waals surface area contributed by atoms with Crippen LogP contribution < -0.4 is 5.32 Å². The average Bonchev–Trinajstić information content (AvgIpc) is 2.77. The zero-order chi connectivity index (χ0) is 13.0. The first-order valence-electron chi connectivity index (χ1n) is 6.07. The number of aromatic nitrogens is 2. The zero-order valence-corrected chi connectivity index (χ0v) is 10.7. The molecule has 1 unspecified atom stereocenters. The van der Waals surface area contributed by atoms with Crippen LogP contribution in [0.2, 0.25) is 0 Å². The Bertz CT molecular complexity index is 490. The van der Waals surface area contributed by atoms with Gasteiger partial charge in [-0.3, -0.25) is 0 Å². The van der Waals surface area contributed by atoms with Gasteiger partial charge >= 0.3 is 0 Å². The van der Waals surface area contributed by atoms with Gasteiger partial charge in [0.25, 0.3) is 0 Å². The molecule has 4 heteroatoms. The molecule has 0 fully saturated rings. The highest BCUT2D eigenvalue weighted by Gasteiger charge is 2.11. The van der Waals surface area contributed by atoms with Crippen molar-refractivity contribution in [1.29, 1.82) is 0 Å². The fourth-order valence-electron chi connectivity index (χ4n) is 1.99. The van der Waals surface area contributed by atoms with Gasteiger partial charge < -0.3 is 9.88 Å². The number of hydrogen-bond acceptors (Lipinski definition) is 2. The van der Waals surface area contributed by atoms with Crippen LogP contribution in [0.1, 0.15) is 11.4 Å². The molecule has 3 nitrogen and oxygen atoms in total. The van der Waals surface area contributed by atoms with Crippen LogP contribution in [0.5, 0.6) is 0 Å². The zero-order valence-electron chi connectivity index (χ0n) is 10.7. The first kappa shape index (κ1) is 12.8. The molecule has 0 aliphatic heterocycles. The van der Waals surface area contributed by atoms with Gasteiger partial charge in [0.15, 0.2) is 0 Å². The van der Waals surface area contributed by atoms with Gasteiger partial charge in [0.1, 0.15) is 11.6 Å². The first-order valence-corrected chi connectivity index (χ1v) is 6.07. The summed E-state index contributed by atoms with van der Waals surface area (Å²) < 4.78 is 14.9. The molecule has 96 valence electrons. The number of imidazole rings is 1. The third-order valence-corrected chi connectivity index (χ3v) is 3.15. The molecule has 1 atom stereocenters. The Kier molecular flexibility index (Phi) is 4.10. The minimum atomic E-state index is -0.191. The van der Waals surface area contributed by atoms with Crippen LogP contribution in [0.3, 0.4) is 0 Å². The van der Waals surface area contributed by atoms with Crippen LogP contribution in [0.15, 0.2) is 36.7 Å². The van der Waals surface area contributed by atoms with Gasteiger partial charge in [-0.05, 0) is 31.2 Å². The molecule has 0 saturated carbocycles. The van der Waals surface area contributed by atoms with E-state index in [0.29, 0.717) is 6.04 Å². The Labute approximate surface area is 107 Å². The molecular formula is C14H18FN3. The second kappa shape index (κ2) is 5.78. The van der Waals surface area contributed by atoms with Gasteiger partial charge in [-0.2, -0.15) is 0 Å². The van der Waals surface area contributed by atoms with Crippen molar-refractivity contribution < 1.29 is 4.39 Å². The third kappa shape index (κ3) is 3.17. The van der Waals surface area contributed by atoms with Crippen LogP contribution in [-0.4, -0.2) is 22.6 Å². The summed E-state index contributed by atoms with van der Waals surface area (Å²) in [5, 5.41) is 3.28. The van der Waals surface area contributed by atoms with Crippen molar-refractivity contribution in [2.24, 2.45) is 7.05 Å². The summed E-state index contributed by atoms with van der Waals surface area (Å²) in [6.45, 7) is 0. The largest absolute Gasteiger partial charge is 0.338 e. The Balaban J connectivity index is 2.01. The highest BCUT2D eigenvalue weighted by molar-refractivity contribution is 5.17. The van der Waals surface area contributed by atoms with E-state index >= 15 is 0 Å². The lowest BCUT2D eigenvalue weighted by Crippen LogP contribution is -2.30. The van der Waals surface area contributed by atoms with Crippen molar-refractivity contribution in [2.75, 3.05) is 7.05 Å². The highest BCUT2D eigenvalue weighted by atomic mass is 19.1. The predicted octanol–water partition coefficient (Wildman–Crippen LogP) is 1.93. The lowest BCUT2D eigenvalue weighted by Gasteiger charge is -2.16. The van der Waals surface area contributed by atoms with Crippen molar-refractivity contribution >= 4 is 0 Å². The van der Waals surface area contributed by atoms with Crippen LogP contribution in [0, 0.1) is 5.82 Å². The van der Waals surface area contributed by atoms with Gasteiger partial charge in [0.2, 0.25) is 0 Å². The molecule has 2 rings (SSSR count). The van der Waals surface area contributed by atoms with E-state index in [1.807, 2.05) is 37.0 Å². The lowest BCUT2D eigenvalue weighted by atomic mass is 10.0. The molecule has 1 aromatic heterocycles. The molecule has 0 saturated heterocycles. The minimum Gasteiger partial charge on any atom is -0.338 e. The summed E-state index contributed by atoms with van der Waals surface area (Å²) in [5.41, 5.74) is 1.13. The maximum absolute atomic E-state index is 12.8. The third-order valence-electron chi connectivity index (χ3n) is 3.15. The molecule has 1 aromatic carbocycles. The fourth-order valence-corrected chi connectivity index (χ4v) is 1.99. The quantitative estimate of drug-likeness (QED) is 0.875. The van der Waals surface area contributed by atoms with Gasteiger partial charge in [0, 0.05) is 31.9 Å². The molecular weight excluding hydrogens is 229 g/mol. The summed E-state index contributed by atoms with van der Waals surface area (Å²) in [6, 6.07) is 6.97. The molecule has 0 aliphatic carbocycles. The van der Waals surface area contributed by atoms with Gasteiger partial charge in [0.05, 0.1) is 0 Å². The van der Waals surface area contributed by atoms with Crippen molar-refractivity contribution in [3.63, 3.8) is 0 Å². The van der Waals surface area contributed by atoms with Crippen molar-refractivity contribution in [3.05, 3.63) is 53.9 Å². The number of nitrogens with zero attached hydrogens (tertiary/aromatic N) is 2. The Morgan fingerprint density at radius 1 is 1.28 bits per heavy atom. The highest BCUT2D eigenvalue weighted by Crippen LogP contribution is 2.09. The summed E-state index contributed by atoms with van der Waals surface area (Å²) in [6.07, 6.45) is 5.47. The molecule has 0 spiro atoms. The van der Waals surface area contributed by atoms with E-state index in [4.69, 9.17) is 0 Å². The molecule has 0 amide bonds. The number of aryl methyl sites for hydroxylation is 1. The molecule has 18 heavy (non-hydrogen) atoms. The molecule has 0 bridgehead atoms. The summed E-state index contributed by atoms with van der Waals surface area (Å²) in [7, 11) is 3.93. The number of benzene rings is 1. The Morgan fingerprint density at radius 3 is 2.56 bits per heavy atom. The van der Waals surface area contributed by atoms with Gasteiger partial charge in [-0.25, -0.2) is 9.37 Å². The second-order valence-electron chi connectivity index (χ2n) is 4.47. The number of likely N-dealkylation sites (N-methyl/N-ethyl adjacent to an activating group) is 1. The minimum absolute atomic E-state index is 0.191. The van der Waals surface area contributed by atoms with Gasteiger partial charge in [-0.1, -0.05) is 12.1 Å². The standard InChI is InChI=1S/C14H18FN3/c1-16-13(10-14-17-7-8-18(14)2)9-11-3-5-12(15)6-4-11/h3-8,13,16H,9-10H2,1-2H3. The van der Waals surface area contributed by atoms with E-state index < -0.39 is 0 Å². The molecule has 0 aliphatic rings. The van der Waals surface area contributed by atoms with Crippen LogP contribution in [0.4, 0.5) is 4.39 Å². The molecule has 0 radical (unpaired) electrons. The van der Waals surface area contributed by atoms with Crippen LogP contribution in [0.25, 0.3) is 0 Å². The maximum Gasteiger partial charge on any atom is 0.123 e. The summed E-state index contributed by atoms with van der Waals surface area (Å²) in [4.78, 5) is 4.32. The molecule has 2 aromatic rings. The van der Waals surface area contributed by atoms with Gasteiger partial charge in [-0.15, -0.1) is 0 Å². The Hall–Kier alpha value is -1.68. The first-order chi connectivity index (χ1) is 8.69. The van der Waals surface area contributed by atoms with Crippen LogP contribution in [-0.2, 0) is 19.9 Å². The van der Waals surface area contributed by atoms with E-state index in [-0.39, 0.29) is 5.82 Å². The maximum atomic E-state index is 12.8. The smallest absolute Gasteiger partial charge is 0.123 e.